The highest BCUT2D eigenvalue weighted by molar-refractivity contribution is 5.87. The van der Waals surface area contributed by atoms with Gasteiger partial charge >= 0.3 is 0 Å². The van der Waals surface area contributed by atoms with Gasteiger partial charge in [0.2, 0.25) is 0 Å². The second kappa shape index (κ2) is 10.9. The molecule has 0 aliphatic heterocycles. The minimum absolute atomic E-state index is 0.399. The van der Waals surface area contributed by atoms with Crippen LogP contribution in [0.1, 0.15) is 29.2 Å². The molecule has 1 unspecified atom stereocenters. The summed E-state index contributed by atoms with van der Waals surface area (Å²) in [4.78, 5) is 0. The van der Waals surface area contributed by atoms with Gasteiger partial charge < -0.3 is 9.84 Å². The fourth-order valence-electron chi connectivity index (χ4n) is 5.81. The molecule has 0 radical (unpaired) electrons. The first kappa shape index (κ1) is 25.1. The van der Waals surface area contributed by atoms with Crippen molar-refractivity contribution < 1.29 is 9.84 Å². The zero-order valence-corrected chi connectivity index (χ0v) is 22.2. The third-order valence-corrected chi connectivity index (χ3v) is 7.61. The molecule has 0 saturated carbocycles. The topological polar surface area (TPSA) is 29.5 Å². The lowest BCUT2D eigenvalue weighted by Crippen LogP contribution is -2.32. The maximum Gasteiger partial charge on any atom is 0.197 e. The van der Waals surface area contributed by atoms with E-state index in [-0.39, 0.29) is 0 Å². The third kappa shape index (κ3) is 4.97. The largest absolute Gasteiger partial charge is 0.361 e. The predicted molar refractivity (Wildman–Crippen MR) is 162 cm³/mol. The highest BCUT2D eigenvalue weighted by Crippen LogP contribution is 2.36. The Kier molecular flexibility index (Phi) is 6.98. The highest BCUT2D eigenvalue weighted by atomic mass is 16.6. The van der Waals surface area contributed by atoms with Crippen LogP contribution in [0, 0.1) is 0 Å². The van der Waals surface area contributed by atoms with Gasteiger partial charge in [0.05, 0.1) is 0 Å². The van der Waals surface area contributed by atoms with Gasteiger partial charge in [-0.2, -0.15) is 0 Å². The van der Waals surface area contributed by atoms with Crippen LogP contribution in [0.3, 0.4) is 0 Å². The summed E-state index contributed by atoms with van der Waals surface area (Å²) in [5.74, 6) is -1.38. The van der Waals surface area contributed by atoms with Crippen LogP contribution in [-0.2, 0) is 23.4 Å². The molecule has 39 heavy (non-hydrogen) atoms. The van der Waals surface area contributed by atoms with Gasteiger partial charge in [0.15, 0.2) is 5.79 Å². The molecule has 1 N–H and O–H groups in total. The first-order valence-electron chi connectivity index (χ1n) is 13.6. The summed E-state index contributed by atoms with van der Waals surface area (Å²) in [5, 5.41) is 16.0. The molecule has 0 heterocycles. The van der Waals surface area contributed by atoms with E-state index >= 15 is 0 Å². The van der Waals surface area contributed by atoms with Crippen LogP contribution < -0.4 is 0 Å². The number of aliphatic hydroxyl groups is 1. The SMILES string of the molecule is CCOC(O)(Cc1cccc2ccccc12)c1cccc2ccccc12.c1ccc2c(c1)Cc1ccccc1-2. The second-order valence-electron chi connectivity index (χ2n) is 10.1. The molecular weight excluding hydrogens is 476 g/mol. The Bertz CT molecular complexity index is 1700. The van der Waals surface area contributed by atoms with Crippen LogP contribution in [0.15, 0.2) is 133 Å². The molecule has 192 valence electrons. The number of rotatable bonds is 5. The minimum Gasteiger partial charge on any atom is -0.361 e. The quantitative estimate of drug-likeness (QED) is 0.236. The molecular formula is C37H32O2. The lowest BCUT2D eigenvalue weighted by atomic mass is 9.91. The number of hydrogen-bond acceptors (Lipinski definition) is 2. The Labute approximate surface area is 230 Å². The normalized spacial score (nSPS) is 13.3. The molecule has 0 saturated heterocycles. The Morgan fingerprint density at radius 2 is 1.10 bits per heavy atom. The summed E-state index contributed by atoms with van der Waals surface area (Å²) in [6.45, 7) is 2.35. The van der Waals surface area contributed by atoms with Gasteiger partial charge in [0, 0.05) is 18.6 Å². The molecule has 1 atom stereocenters. The standard InChI is InChI=1S/C24H22O2.C13H10/c1-2-26-24(25,23-16-8-12-19-10-4-6-15-22(19)23)17-20-13-7-11-18-9-3-5-14-21(18)20;1-3-7-12-10(5-1)9-11-6-2-4-8-13(11)12/h3-16,25H,2,17H2,1H3;1-8H,9H2. The van der Waals surface area contributed by atoms with Crippen LogP contribution in [-0.4, -0.2) is 11.7 Å². The van der Waals surface area contributed by atoms with Gasteiger partial charge in [0.25, 0.3) is 0 Å². The molecule has 0 bridgehead atoms. The van der Waals surface area contributed by atoms with Crippen LogP contribution in [0.25, 0.3) is 32.7 Å². The van der Waals surface area contributed by atoms with Crippen molar-refractivity contribution >= 4 is 21.5 Å². The molecule has 2 nitrogen and oxygen atoms in total. The van der Waals surface area contributed by atoms with E-state index < -0.39 is 5.79 Å². The zero-order valence-electron chi connectivity index (χ0n) is 22.2. The van der Waals surface area contributed by atoms with Gasteiger partial charge in [-0.15, -0.1) is 0 Å². The second-order valence-corrected chi connectivity index (χ2v) is 10.1. The van der Waals surface area contributed by atoms with E-state index in [0.29, 0.717) is 13.0 Å². The summed E-state index contributed by atoms with van der Waals surface area (Å²) in [7, 11) is 0. The first-order chi connectivity index (χ1) is 19.2. The van der Waals surface area contributed by atoms with Gasteiger partial charge in [-0.1, -0.05) is 133 Å². The van der Waals surface area contributed by atoms with Crippen LogP contribution in [0.2, 0.25) is 0 Å². The minimum atomic E-state index is -1.38. The predicted octanol–water partition coefficient (Wildman–Crippen LogP) is 8.68. The highest BCUT2D eigenvalue weighted by Gasteiger charge is 2.32. The molecule has 1 aliphatic carbocycles. The molecule has 6 aromatic carbocycles. The molecule has 0 aromatic heterocycles. The molecule has 1 aliphatic rings. The lowest BCUT2D eigenvalue weighted by Gasteiger charge is -2.30. The smallest absolute Gasteiger partial charge is 0.197 e. The van der Waals surface area contributed by atoms with E-state index in [2.05, 4.69) is 84.9 Å². The van der Waals surface area contributed by atoms with Crippen molar-refractivity contribution in [3.05, 3.63) is 156 Å². The average molecular weight is 509 g/mol. The Morgan fingerprint density at radius 1 is 0.590 bits per heavy atom. The van der Waals surface area contributed by atoms with Crippen molar-refractivity contribution in [3.63, 3.8) is 0 Å². The van der Waals surface area contributed by atoms with Gasteiger partial charge in [-0.3, -0.25) is 0 Å². The van der Waals surface area contributed by atoms with E-state index in [1.54, 1.807) is 0 Å². The fraction of sp³-hybridized carbons (Fsp3) is 0.135. The number of hydrogen-bond donors (Lipinski definition) is 1. The average Bonchev–Trinajstić information content (AvgIpc) is 3.36. The fourth-order valence-corrected chi connectivity index (χ4v) is 5.81. The van der Waals surface area contributed by atoms with E-state index in [4.69, 9.17) is 4.74 Å². The Hall–Kier alpha value is -4.24. The molecule has 0 spiro atoms. The van der Waals surface area contributed by atoms with Crippen molar-refractivity contribution in [2.24, 2.45) is 0 Å². The maximum absolute atomic E-state index is 11.6. The summed E-state index contributed by atoms with van der Waals surface area (Å²) >= 11 is 0. The maximum atomic E-state index is 11.6. The van der Waals surface area contributed by atoms with Crippen molar-refractivity contribution in [1.82, 2.24) is 0 Å². The number of ether oxygens (including phenoxy) is 1. The molecule has 0 amide bonds. The van der Waals surface area contributed by atoms with E-state index in [1.807, 2.05) is 55.5 Å². The Balaban J connectivity index is 0.000000176. The van der Waals surface area contributed by atoms with Crippen molar-refractivity contribution in [2.45, 2.75) is 25.6 Å². The lowest BCUT2D eigenvalue weighted by molar-refractivity contribution is -0.207. The first-order valence-corrected chi connectivity index (χ1v) is 13.6. The number of fused-ring (bicyclic) bond motifs is 5. The van der Waals surface area contributed by atoms with Crippen molar-refractivity contribution in [3.8, 4) is 11.1 Å². The van der Waals surface area contributed by atoms with Crippen molar-refractivity contribution in [1.29, 1.82) is 0 Å². The molecule has 2 heteroatoms. The van der Waals surface area contributed by atoms with Crippen LogP contribution >= 0.6 is 0 Å². The van der Waals surface area contributed by atoms with Gasteiger partial charge in [0.1, 0.15) is 0 Å². The van der Waals surface area contributed by atoms with Gasteiger partial charge in [-0.25, -0.2) is 0 Å². The van der Waals surface area contributed by atoms with E-state index in [9.17, 15) is 5.11 Å². The summed E-state index contributed by atoms with van der Waals surface area (Å²) in [6, 6.07) is 45.9. The van der Waals surface area contributed by atoms with Gasteiger partial charge in [-0.05, 0) is 62.7 Å². The molecule has 0 fully saturated rings. The molecule has 6 aromatic rings. The Morgan fingerprint density at radius 3 is 1.77 bits per heavy atom. The van der Waals surface area contributed by atoms with E-state index in [0.717, 1.165) is 33.7 Å². The van der Waals surface area contributed by atoms with Crippen molar-refractivity contribution in [2.75, 3.05) is 6.61 Å². The van der Waals surface area contributed by atoms with E-state index in [1.165, 1.54) is 27.6 Å². The third-order valence-electron chi connectivity index (χ3n) is 7.61. The van der Waals surface area contributed by atoms with Crippen LogP contribution in [0.4, 0.5) is 0 Å². The summed E-state index contributed by atoms with van der Waals surface area (Å²) < 4.78 is 5.93. The zero-order chi connectivity index (χ0) is 26.7. The summed E-state index contributed by atoms with van der Waals surface area (Å²) in [5.41, 5.74) is 7.64. The van der Waals surface area contributed by atoms with Crippen LogP contribution in [0.5, 0.6) is 0 Å². The summed E-state index contributed by atoms with van der Waals surface area (Å²) in [6.07, 6.45) is 1.50. The monoisotopic (exact) mass is 508 g/mol. The number of benzene rings is 6. The molecule has 7 rings (SSSR count).